The third kappa shape index (κ3) is 4.36. The van der Waals surface area contributed by atoms with Gasteiger partial charge >= 0.3 is 5.97 Å². The largest absolute Gasteiger partial charge is 0.490 e. The van der Waals surface area contributed by atoms with Crippen molar-refractivity contribution in [2.24, 2.45) is 0 Å². The lowest BCUT2D eigenvalue weighted by Gasteiger charge is -2.11. The number of carboxylic acid groups (broad SMARTS) is 1. The van der Waals surface area contributed by atoms with E-state index in [9.17, 15) is 9.59 Å². The number of hydrogen-bond acceptors (Lipinski definition) is 5. The van der Waals surface area contributed by atoms with Gasteiger partial charge in [0.1, 0.15) is 29.4 Å². The number of nitrogens with one attached hydrogen (secondary N) is 1. The van der Waals surface area contributed by atoms with Crippen LogP contribution in [0.3, 0.4) is 0 Å². The van der Waals surface area contributed by atoms with Crippen molar-refractivity contribution >= 4 is 11.9 Å². The summed E-state index contributed by atoms with van der Waals surface area (Å²) in [5.41, 5.74) is 0.470. The zero-order chi connectivity index (χ0) is 17.5. The van der Waals surface area contributed by atoms with Crippen molar-refractivity contribution in [1.82, 2.24) is 5.32 Å². The molecule has 1 amide bonds. The number of aryl methyl sites for hydroxylation is 1. The van der Waals surface area contributed by atoms with Crippen molar-refractivity contribution in [2.75, 3.05) is 20.3 Å². The Balaban J connectivity index is 2.02. The Labute approximate surface area is 139 Å². The van der Waals surface area contributed by atoms with Crippen LogP contribution < -0.4 is 10.1 Å². The molecule has 0 radical (unpaired) electrons. The second kappa shape index (κ2) is 8.16. The standard InChI is InChI=1S/C17H19NO6/c1-11-14(17(20)21)9-12(24-11)10-18-16(19)13-5-3-4-6-15(13)23-8-7-22-2/h3-6,9H,7-8,10H2,1-2H3,(H,18,19)(H,20,21). The number of ether oxygens (including phenoxy) is 2. The Hall–Kier alpha value is -2.80. The van der Waals surface area contributed by atoms with Crippen LogP contribution in [0.15, 0.2) is 34.7 Å². The maximum Gasteiger partial charge on any atom is 0.339 e. The average molecular weight is 333 g/mol. The second-order valence-corrected chi connectivity index (χ2v) is 5.01. The molecule has 1 aromatic heterocycles. The normalized spacial score (nSPS) is 10.4. The van der Waals surface area contributed by atoms with E-state index in [-0.39, 0.29) is 18.0 Å². The van der Waals surface area contributed by atoms with E-state index in [1.807, 2.05) is 0 Å². The van der Waals surface area contributed by atoms with Gasteiger partial charge in [0.2, 0.25) is 0 Å². The fourth-order valence-electron chi connectivity index (χ4n) is 2.12. The molecule has 24 heavy (non-hydrogen) atoms. The molecule has 2 N–H and O–H groups in total. The predicted octanol–water partition coefficient (Wildman–Crippen LogP) is 2.24. The molecule has 0 aliphatic carbocycles. The van der Waals surface area contributed by atoms with Gasteiger partial charge in [-0.25, -0.2) is 4.79 Å². The summed E-state index contributed by atoms with van der Waals surface area (Å²) in [6.45, 7) is 2.40. The maximum absolute atomic E-state index is 12.3. The monoisotopic (exact) mass is 333 g/mol. The fraction of sp³-hybridized carbons (Fsp3) is 0.294. The average Bonchev–Trinajstić information content (AvgIpc) is 2.94. The lowest BCUT2D eigenvalue weighted by molar-refractivity contribution is 0.0694. The van der Waals surface area contributed by atoms with Gasteiger partial charge in [-0.3, -0.25) is 4.79 Å². The van der Waals surface area contributed by atoms with Crippen LogP contribution in [0.5, 0.6) is 5.75 Å². The molecule has 7 nitrogen and oxygen atoms in total. The summed E-state index contributed by atoms with van der Waals surface area (Å²) in [4.78, 5) is 23.3. The number of para-hydroxylation sites is 1. The number of carbonyl (C=O) groups is 2. The molecule has 0 atom stereocenters. The molecule has 0 aliphatic heterocycles. The van der Waals surface area contributed by atoms with Gasteiger partial charge in [0.05, 0.1) is 18.7 Å². The highest BCUT2D eigenvalue weighted by atomic mass is 16.5. The summed E-state index contributed by atoms with van der Waals surface area (Å²) < 4.78 is 15.8. The minimum atomic E-state index is -1.06. The van der Waals surface area contributed by atoms with Crippen molar-refractivity contribution in [3.05, 3.63) is 53.0 Å². The Morgan fingerprint density at radius 3 is 2.62 bits per heavy atom. The number of amides is 1. The number of rotatable bonds is 8. The van der Waals surface area contributed by atoms with E-state index < -0.39 is 5.97 Å². The quantitative estimate of drug-likeness (QED) is 0.719. The van der Waals surface area contributed by atoms with Crippen molar-refractivity contribution in [2.45, 2.75) is 13.5 Å². The summed E-state index contributed by atoms with van der Waals surface area (Å²) >= 11 is 0. The van der Waals surface area contributed by atoms with E-state index in [1.165, 1.54) is 6.07 Å². The molecular weight excluding hydrogens is 314 g/mol. The molecule has 1 heterocycles. The number of benzene rings is 1. The second-order valence-electron chi connectivity index (χ2n) is 5.01. The highest BCUT2D eigenvalue weighted by Gasteiger charge is 2.16. The van der Waals surface area contributed by atoms with Crippen LogP contribution in [-0.4, -0.2) is 37.3 Å². The Morgan fingerprint density at radius 1 is 1.21 bits per heavy atom. The van der Waals surface area contributed by atoms with Crippen LogP contribution in [0.2, 0.25) is 0 Å². The first-order valence-corrected chi connectivity index (χ1v) is 7.34. The minimum absolute atomic E-state index is 0.0827. The van der Waals surface area contributed by atoms with Crippen molar-refractivity contribution in [3.63, 3.8) is 0 Å². The Morgan fingerprint density at radius 2 is 1.96 bits per heavy atom. The summed E-state index contributed by atoms with van der Waals surface area (Å²) in [7, 11) is 1.57. The fourth-order valence-corrected chi connectivity index (χ4v) is 2.12. The van der Waals surface area contributed by atoms with Crippen LogP contribution in [-0.2, 0) is 11.3 Å². The molecule has 0 saturated carbocycles. The number of aromatic carboxylic acids is 1. The molecule has 1 aromatic carbocycles. The minimum Gasteiger partial charge on any atom is -0.490 e. The summed E-state index contributed by atoms with van der Waals surface area (Å²) in [5, 5.41) is 11.7. The lowest BCUT2D eigenvalue weighted by Crippen LogP contribution is -2.23. The summed E-state index contributed by atoms with van der Waals surface area (Å²) in [6, 6.07) is 8.25. The van der Waals surface area contributed by atoms with Crippen molar-refractivity contribution in [3.8, 4) is 5.75 Å². The molecule has 0 bridgehead atoms. The van der Waals surface area contributed by atoms with E-state index >= 15 is 0 Å². The highest BCUT2D eigenvalue weighted by Crippen LogP contribution is 2.19. The first-order chi connectivity index (χ1) is 11.5. The molecule has 0 unspecified atom stereocenters. The molecule has 7 heteroatoms. The molecular formula is C17H19NO6. The van der Waals surface area contributed by atoms with Crippen molar-refractivity contribution in [1.29, 1.82) is 0 Å². The zero-order valence-corrected chi connectivity index (χ0v) is 13.5. The lowest BCUT2D eigenvalue weighted by atomic mass is 10.2. The van der Waals surface area contributed by atoms with Crippen LogP contribution in [0, 0.1) is 6.92 Å². The molecule has 0 aliphatic rings. The van der Waals surface area contributed by atoms with Crippen LogP contribution in [0.25, 0.3) is 0 Å². The molecule has 0 saturated heterocycles. The highest BCUT2D eigenvalue weighted by molar-refractivity contribution is 5.96. The number of carbonyl (C=O) groups excluding carboxylic acids is 1. The summed E-state index contributed by atoms with van der Waals surface area (Å²) in [5.74, 6) is -0.278. The topological polar surface area (TPSA) is 98.0 Å². The number of methoxy groups -OCH3 is 1. The number of carboxylic acids is 1. The molecule has 128 valence electrons. The molecule has 2 aromatic rings. The van der Waals surface area contributed by atoms with E-state index in [2.05, 4.69) is 5.32 Å². The first kappa shape index (κ1) is 17.6. The van der Waals surface area contributed by atoms with Crippen molar-refractivity contribution < 1.29 is 28.6 Å². The van der Waals surface area contributed by atoms with Crippen LogP contribution >= 0.6 is 0 Å². The van der Waals surface area contributed by atoms with Gasteiger partial charge in [-0.1, -0.05) is 12.1 Å². The SMILES string of the molecule is COCCOc1ccccc1C(=O)NCc1cc(C(=O)O)c(C)o1. The third-order valence-electron chi connectivity index (χ3n) is 3.30. The summed E-state index contributed by atoms with van der Waals surface area (Å²) in [6.07, 6.45) is 0. The van der Waals surface area contributed by atoms with Crippen LogP contribution in [0.1, 0.15) is 32.2 Å². The molecule has 2 rings (SSSR count). The molecule has 0 spiro atoms. The first-order valence-electron chi connectivity index (χ1n) is 7.34. The van der Waals surface area contributed by atoms with Crippen LogP contribution in [0.4, 0.5) is 0 Å². The number of furan rings is 1. The molecule has 0 fully saturated rings. The van der Waals surface area contributed by atoms with E-state index in [0.717, 1.165) is 0 Å². The Kier molecular flexibility index (Phi) is 5.97. The smallest absolute Gasteiger partial charge is 0.339 e. The van der Waals surface area contributed by atoms with E-state index in [0.29, 0.717) is 36.0 Å². The van der Waals surface area contributed by atoms with Gasteiger partial charge in [0, 0.05) is 7.11 Å². The van der Waals surface area contributed by atoms with E-state index in [1.54, 1.807) is 38.3 Å². The van der Waals surface area contributed by atoms with Gasteiger partial charge < -0.3 is 24.3 Å². The number of hydrogen-bond donors (Lipinski definition) is 2. The Bertz CT molecular complexity index is 722. The third-order valence-corrected chi connectivity index (χ3v) is 3.30. The zero-order valence-electron chi connectivity index (χ0n) is 13.5. The van der Waals surface area contributed by atoms with Gasteiger partial charge in [-0.05, 0) is 25.1 Å². The van der Waals surface area contributed by atoms with Gasteiger partial charge in [-0.15, -0.1) is 0 Å². The predicted molar refractivity (Wildman–Crippen MR) is 85.4 cm³/mol. The van der Waals surface area contributed by atoms with Gasteiger partial charge in [-0.2, -0.15) is 0 Å². The maximum atomic E-state index is 12.3. The van der Waals surface area contributed by atoms with E-state index in [4.69, 9.17) is 19.0 Å². The van der Waals surface area contributed by atoms with Gasteiger partial charge in [0.25, 0.3) is 5.91 Å². The van der Waals surface area contributed by atoms with Gasteiger partial charge in [0.15, 0.2) is 0 Å².